The van der Waals surface area contributed by atoms with Gasteiger partial charge in [-0.1, -0.05) is 12.8 Å². The Morgan fingerprint density at radius 3 is 2.53 bits per heavy atom. The first-order valence-corrected chi connectivity index (χ1v) is 8.52. The maximum atomic E-state index is 11.9. The fourth-order valence-corrected chi connectivity index (χ4v) is 4.35. The predicted octanol–water partition coefficient (Wildman–Crippen LogP) is 1.24. The van der Waals surface area contributed by atoms with Gasteiger partial charge in [-0.15, -0.1) is 0 Å². The molecule has 0 aromatic carbocycles. The lowest BCUT2D eigenvalue weighted by molar-refractivity contribution is 0.368. The third kappa shape index (κ3) is 4.56. The quantitative estimate of drug-likeness (QED) is 0.782. The summed E-state index contributed by atoms with van der Waals surface area (Å²) in [6.45, 7) is 2.07. The molecule has 1 aliphatic carbocycles. The monoisotopic (exact) mass is 260 g/mol. The zero-order chi connectivity index (χ0) is 12.1. The van der Waals surface area contributed by atoms with Gasteiger partial charge < -0.3 is 5.32 Å². The molecule has 1 heterocycles. The van der Waals surface area contributed by atoms with Crippen molar-refractivity contribution in [2.75, 3.05) is 18.8 Å². The van der Waals surface area contributed by atoms with Gasteiger partial charge in [0.05, 0.1) is 5.75 Å². The van der Waals surface area contributed by atoms with E-state index in [0.717, 1.165) is 32.4 Å². The van der Waals surface area contributed by atoms with Crippen molar-refractivity contribution in [3.05, 3.63) is 0 Å². The molecule has 0 amide bonds. The lowest BCUT2D eigenvalue weighted by atomic mass is 9.97. The second kappa shape index (κ2) is 6.16. The van der Waals surface area contributed by atoms with Gasteiger partial charge in [0.15, 0.2) is 0 Å². The van der Waals surface area contributed by atoms with E-state index < -0.39 is 10.0 Å². The number of hydrogen-bond donors (Lipinski definition) is 2. The fraction of sp³-hybridized carbons (Fsp3) is 1.00. The Hall–Kier alpha value is -0.130. The maximum Gasteiger partial charge on any atom is 0.211 e. The molecule has 4 nitrogen and oxygen atoms in total. The summed E-state index contributed by atoms with van der Waals surface area (Å²) in [5.41, 5.74) is 0. The first-order valence-electron chi connectivity index (χ1n) is 6.86. The van der Waals surface area contributed by atoms with Gasteiger partial charge in [-0.05, 0) is 51.1 Å². The molecule has 0 aromatic rings. The van der Waals surface area contributed by atoms with Crippen LogP contribution in [0.25, 0.3) is 0 Å². The van der Waals surface area contributed by atoms with E-state index in [1.807, 2.05) is 0 Å². The summed E-state index contributed by atoms with van der Waals surface area (Å²) in [6.07, 6.45) is 7.52. The number of piperidine rings is 1. The van der Waals surface area contributed by atoms with Crippen LogP contribution >= 0.6 is 0 Å². The van der Waals surface area contributed by atoms with Crippen LogP contribution in [0.5, 0.6) is 0 Å². The fourth-order valence-electron chi connectivity index (χ4n) is 2.85. The Morgan fingerprint density at radius 2 is 1.88 bits per heavy atom. The van der Waals surface area contributed by atoms with E-state index >= 15 is 0 Å². The van der Waals surface area contributed by atoms with Crippen molar-refractivity contribution < 1.29 is 8.42 Å². The maximum absolute atomic E-state index is 11.9. The van der Waals surface area contributed by atoms with Gasteiger partial charge in [0.1, 0.15) is 0 Å². The van der Waals surface area contributed by atoms with Gasteiger partial charge in [-0.2, -0.15) is 0 Å². The van der Waals surface area contributed by atoms with Crippen LogP contribution < -0.4 is 10.0 Å². The number of sulfonamides is 1. The van der Waals surface area contributed by atoms with Crippen molar-refractivity contribution in [2.24, 2.45) is 5.92 Å². The summed E-state index contributed by atoms with van der Waals surface area (Å²) in [7, 11) is -3.04. The minimum Gasteiger partial charge on any atom is -0.316 e. The molecule has 5 heteroatoms. The van der Waals surface area contributed by atoms with Crippen molar-refractivity contribution >= 4 is 10.0 Å². The molecule has 1 atom stereocenters. The van der Waals surface area contributed by atoms with E-state index in [1.54, 1.807) is 0 Å². The Balaban J connectivity index is 1.72. The third-order valence-corrected chi connectivity index (χ3v) is 5.36. The first-order chi connectivity index (χ1) is 8.16. The van der Waals surface area contributed by atoms with Crippen LogP contribution in [0, 0.1) is 5.92 Å². The summed E-state index contributed by atoms with van der Waals surface area (Å²) >= 11 is 0. The lowest BCUT2D eigenvalue weighted by Crippen LogP contribution is -2.36. The molecular formula is C12H24N2O2S. The summed E-state index contributed by atoms with van der Waals surface area (Å²) in [5, 5.41) is 3.33. The topological polar surface area (TPSA) is 58.2 Å². The van der Waals surface area contributed by atoms with Crippen LogP contribution in [0.2, 0.25) is 0 Å². The van der Waals surface area contributed by atoms with Gasteiger partial charge >= 0.3 is 0 Å². The average Bonchev–Trinajstić information content (AvgIpc) is 2.80. The molecule has 2 N–H and O–H groups in total. The number of nitrogens with one attached hydrogen (secondary N) is 2. The van der Waals surface area contributed by atoms with Gasteiger partial charge in [0.2, 0.25) is 10.0 Å². The van der Waals surface area contributed by atoms with Gasteiger partial charge in [0.25, 0.3) is 0 Å². The van der Waals surface area contributed by atoms with Gasteiger partial charge in [-0.3, -0.25) is 0 Å². The van der Waals surface area contributed by atoms with Crippen LogP contribution in [-0.4, -0.2) is 33.3 Å². The van der Waals surface area contributed by atoms with Crippen LogP contribution in [0.1, 0.15) is 44.9 Å². The molecule has 100 valence electrons. The second-order valence-electron chi connectivity index (χ2n) is 5.42. The largest absolute Gasteiger partial charge is 0.316 e. The molecule has 1 unspecified atom stereocenters. The highest BCUT2D eigenvalue weighted by Gasteiger charge is 2.22. The molecule has 17 heavy (non-hydrogen) atoms. The molecule has 1 saturated carbocycles. The summed E-state index contributed by atoms with van der Waals surface area (Å²) < 4.78 is 26.6. The van der Waals surface area contributed by atoms with E-state index in [0.29, 0.717) is 11.7 Å². The molecule has 1 saturated heterocycles. The van der Waals surface area contributed by atoms with Crippen molar-refractivity contribution in [3.8, 4) is 0 Å². The molecule has 2 aliphatic rings. The Labute approximate surface area is 105 Å². The minimum atomic E-state index is -3.04. The zero-order valence-corrected chi connectivity index (χ0v) is 11.3. The van der Waals surface area contributed by atoms with Gasteiger partial charge in [-0.25, -0.2) is 13.1 Å². The van der Waals surface area contributed by atoms with Crippen LogP contribution in [-0.2, 0) is 10.0 Å². The highest BCUT2D eigenvalue weighted by molar-refractivity contribution is 7.89. The highest BCUT2D eigenvalue weighted by Crippen LogP contribution is 2.19. The van der Waals surface area contributed by atoms with E-state index in [2.05, 4.69) is 10.0 Å². The molecule has 0 aromatic heterocycles. The smallest absolute Gasteiger partial charge is 0.211 e. The molecule has 0 bridgehead atoms. The molecule has 0 spiro atoms. The molecule has 2 rings (SSSR count). The van der Waals surface area contributed by atoms with Crippen LogP contribution in [0.3, 0.4) is 0 Å². The summed E-state index contributed by atoms with van der Waals surface area (Å²) in [4.78, 5) is 0. The molecule has 2 fully saturated rings. The van der Waals surface area contributed by atoms with E-state index in [-0.39, 0.29) is 6.04 Å². The van der Waals surface area contributed by atoms with E-state index in [9.17, 15) is 8.42 Å². The van der Waals surface area contributed by atoms with E-state index in [4.69, 9.17) is 0 Å². The van der Waals surface area contributed by atoms with Gasteiger partial charge in [0, 0.05) is 6.04 Å². The Morgan fingerprint density at radius 1 is 1.12 bits per heavy atom. The molecule has 1 aliphatic heterocycles. The normalized spacial score (nSPS) is 27.4. The minimum absolute atomic E-state index is 0.212. The second-order valence-corrected chi connectivity index (χ2v) is 7.29. The van der Waals surface area contributed by atoms with Crippen LogP contribution in [0.15, 0.2) is 0 Å². The standard InChI is InChI=1S/C12H24N2O2S/c15-17(16,14-12-5-1-2-6-12)9-7-11-4-3-8-13-10-11/h11-14H,1-10H2. The molecular weight excluding hydrogens is 236 g/mol. The molecule has 0 radical (unpaired) electrons. The lowest BCUT2D eigenvalue weighted by Gasteiger charge is -2.22. The summed E-state index contributed by atoms with van der Waals surface area (Å²) in [5.74, 6) is 0.847. The summed E-state index contributed by atoms with van der Waals surface area (Å²) in [6, 6.07) is 0.212. The Bertz CT molecular complexity index is 317. The average molecular weight is 260 g/mol. The van der Waals surface area contributed by atoms with Crippen molar-refractivity contribution in [1.82, 2.24) is 10.0 Å². The zero-order valence-electron chi connectivity index (χ0n) is 10.5. The van der Waals surface area contributed by atoms with Crippen molar-refractivity contribution in [2.45, 2.75) is 51.0 Å². The van der Waals surface area contributed by atoms with Crippen LogP contribution in [0.4, 0.5) is 0 Å². The van der Waals surface area contributed by atoms with Crippen molar-refractivity contribution in [3.63, 3.8) is 0 Å². The SMILES string of the molecule is O=S(=O)(CCC1CCCNC1)NC1CCCC1. The number of hydrogen-bond acceptors (Lipinski definition) is 3. The first kappa shape index (κ1) is 13.3. The third-order valence-electron chi connectivity index (χ3n) is 3.90. The Kier molecular flexibility index (Phi) is 4.82. The van der Waals surface area contributed by atoms with E-state index in [1.165, 1.54) is 25.7 Å². The predicted molar refractivity (Wildman–Crippen MR) is 69.4 cm³/mol. The highest BCUT2D eigenvalue weighted by atomic mass is 32.2. The number of rotatable bonds is 5. The van der Waals surface area contributed by atoms with Crippen molar-refractivity contribution in [1.29, 1.82) is 0 Å².